The number of rotatable bonds is 2. The highest BCUT2D eigenvalue weighted by Gasteiger charge is 2.09. The van der Waals surface area contributed by atoms with Gasteiger partial charge in [-0.2, -0.15) is 4.39 Å². The van der Waals surface area contributed by atoms with Crippen LogP contribution in [0.2, 0.25) is 0 Å². The van der Waals surface area contributed by atoms with Crippen LogP contribution in [0, 0.1) is 5.95 Å². The van der Waals surface area contributed by atoms with Crippen LogP contribution in [0.5, 0.6) is 0 Å². The number of nitrogens with zero attached hydrogens (tertiary/aromatic N) is 1. The first-order valence-corrected chi connectivity index (χ1v) is 3.58. The van der Waals surface area contributed by atoms with E-state index in [0.717, 1.165) is 0 Å². The van der Waals surface area contributed by atoms with Crippen molar-refractivity contribution in [3.8, 4) is 0 Å². The Morgan fingerprint density at radius 3 is 2.62 bits per heavy atom. The molecule has 1 aromatic heterocycles. The van der Waals surface area contributed by atoms with Gasteiger partial charge in [-0.15, -0.1) is 0 Å². The van der Waals surface area contributed by atoms with Gasteiger partial charge < -0.3 is 5.11 Å². The van der Waals surface area contributed by atoms with Gasteiger partial charge in [0.2, 0.25) is 5.95 Å². The summed E-state index contributed by atoms with van der Waals surface area (Å²) in [6.45, 7) is 5.16. The highest BCUT2D eigenvalue weighted by atomic mass is 19.1. The molecule has 0 atom stereocenters. The number of aromatic nitrogens is 1. The van der Waals surface area contributed by atoms with Gasteiger partial charge in [0.05, 0.1) is 0 Å². The molecule has 0 saturated carbocycles. The normalized spacial score (nSPS) is 9.69. The minimum Gasteiger partial charge on any atom is -0.477 e. The number of allylic oxidation sites excluding steroid dienone is 1. The number of carboxylic acids is 1. The first-order chi connectivity index (χ1) is 6.02. The van der Waals surface area contributed by atoms with Crippen LogP contribution in [0.1, 0.15) is 23.0 Å². The van der Waals surface area contributed by atoms with Crippen molar-refractivity contribution < 1.29 is 14.3 Å². The lowest BCUT2D eigenvalue weighted by molar-refractivity contribution is 0.0689. The predicted molar refractivity (Wildman–Crippen MR) is 45.9 cm³/mol. The molecule has 1 aromatic rings. The summed E-state index contributed by atoms with van der Waals surface area (Å²) in [5.74, 6) is -2.04. The van der Waals surface area contributed by atoms with E-state index in [1.807, 2.05) is 0 Å². The summed E-state index contributed by atoms with van der Waals surface area (Å²) in [5, 5.41) is 8.49. The van der Waals surface area contributed by atoms with Gasteiger partial charge in [0.25, 0.3) is 0 Å². The second-order valence-electron chi connectivity index (χ2n) is 2.62. The third-order valence-corrected chi connectivity index (χ3v) is 1.53. The van der Waals surface area contributed by atoms with Crippen molar-refractivity contribution in [2.24, 2.45) is 0 Å². The van der Waals surface area contributed by atoms with Crippen LogP contribution in [-0.4, -0.2) is 16.1 Å². The number of halogens is 1. The molecule has 1 heterocycles. The average Bonchev–Trinajstić information content (AvgIpc) is 2.03. The Hall–Kier alpha value is -1.71. The molecule has 0 amide bonds. The Balaban J connectivity index is 3.20. The van der Waals surface area contributed by atoms with E-state index in [0.29, 0.717) is 5.57 Å². The van der Waals surface area contributed by atoms with Gasteiger partial charge in [-0.25, -0.2) is 9.78 Å². The molecular weight excluding hydrogens is 173 g/mol. The fraction of sp³-hybridized carbons (Fsp3) is 0.111. The number of hydrogen-bond acceptors (Lipinski definition) is 2. The maximum atomic E-state index is 13.0. The summed E-state index contributed by atoms with van der Waals surface area (Å²) in [7, 11) is 0. The lowest BCUT2D eigenvalue weighted by atomic mass is 10.1. The largest absolute Gasteiger partial charge is 0.477 e. The predicted octanol–water partition coefficient (Wildman–Crippen LogP) is 1.95. The van der Waals surface area contributed by atoms with Gasteiger partial charge >= 0.3 is 5.97 Å². The van der Waals surface area contributed by atoms with Crippen LogP contribution in [-0.2, 0) is 0 Å². The highest BCUT2D eigenvalue weighted by Crippen LogP contribution is 2.14. The first-order valence-electron chi connectivity index (χ1n) is 3.58. The van der Waals surface area contributed by atoms with E-state index in [-0.39, 0.29) is 11.3 Å². The van der Waals surface area contributed by atoms with Crippen molar-refractivity contribution >= 4 is 11.5 Å². The molecule has 0 unspecified atom stereocenters. The van der Waals surface area contributed by atoms with Gasteiger partial charge in [-0.1, -0.05) is 6.58 Å². The number of carbonyl (C=O) groups is 1. The minimum atomic E-state index is -1.24. The Bertz CT molecular complexity index is 374. The van der Waals surface area contributed by atoms with E-state index in [2.05, 4.69) is 11.6 Å². The Morgan fingerprint density at radius 1 is 1.62 bits per heavy atom. The standard InChI is InChI=1S/C9H8FNO2/c1-5(2)6-3-4-7(9(12)13)11-8(6)10/h3-4H,1H2,2H3,(H,12,13). The minimum absolute atomic E-state index is 0.241. The van der Waals surface area contributed by atoms with Gasteiger partial charge in [-0.3, -0.25) is 0 Å². The number of aromatic carboxylic acids is 1. The highest BCUT2D eigenvalue weighted by molar-refractivity contribution is 5.85. The van der Waals surface area contributed by atoms with Crippen molar-refractivity contribution in [1.82, 2.24) is 4.98 Å². The number of carboxylic acid groups (broad SMARTS) is 1. The molecule has 0 aromatic carbocycles. The Labute approximate surface area is 74.5 Å². The molecule has 0 radical (unpaired) electrons. The van der Waals surface area contributed by atoms with Crippen LogP contribution >= 0.6 is 0 Å². The SMILES string of the molecule is C=C(C)c1ccc(C(=O)O)nc1F. The molecule has 0 aliphatic carbocycles. The molecule has 0 fully saturated rings. The zero-order chi connectivity index (χ0) is 10.0. The van der Waals surface area contributed by atoms with Crippen LogP contribution in [0.3, 0.4) is 0 Å². The van der Waals surface area contributed by atoms with E-state index in [1.165, 1.54) is 12.1 Å². The molecular formula is C9H8FNO2. The molecule has 0 aliphatic rings. The van der Waals surface area contributed by atoms with Gasteiger partial charge in [-0.05, 0) is 24.6 Å². The van der Waals surface area contributed by atoms with Crippen molar-refractivity contribution in [2.45, 2.75) is 6.92 Å². The summed E-state index contributed by atoms with van der Waals surface area (Å²) < 4.78 is 13.0. The van der Waals surface area contributed by atoms with Crippen LogP contribution in [0.4, 0.5) is 4.39 Å². The molecule has 0 spiro atoms. The van der Waals surface area contributed by atoms with Gasteiger partial charge in [0.1, 0.15) is 0 Å². The van der Waals surface area contributed by atoms with Crippen molar-refractivity contribution in [2.75, 3.05) is 0 Å². The summed E-state index contributed by atoms with van der Waals surface area (Å²) in [5.41, 5.74) is 0.453. The topological polar surface area (TPSA) is 50.2 Å². The molecule has 3 nitrogen and oxygen atoms in total. The molecule has 68 valence electrons. The van der Waals surface area contributed by atoms with E-state index >= 15 is 0 Å². The summed E-state index contributed by atoms with van der Waals surface area (Å²) in [6.07, 6.45) is 0. The zero-order valence-corrected chi connectivity index (χ0v) is 7.04. The van der Waals surface area contributed by atoms with E-state index < -0.39 is 11.9 Å². The second-order valence-corrected chi connectivity index (χ2v) is 2.62. The maximum Gasteiger partial charge on any atom is 0.354 e. The van der Waals surface area contributed by atoms with Crippen LogP contribution in [0.25, 0.3) is 5.57 Å². The van der Waals surface area contributed by atoms with E-state index in [4.69, 9.17) is 5.11 Å². The average molecular weight is 181 g/mol. The molecule has 1 rings (SSSR count). The smallest absolute Gasteiger partial charge is 0.354 e. The fourth-order valence-electron chi connectivity index (χ4n) is 0.872. The molecule has 0 aliphatic heterocycles. The van der Waals surface area contributed by atoms with Crippen molar-refractivity contribution in [3.05, 3.63) is 35.9 Å². The third kappa shape index (κ3) is 1.90. The third-order valence-electron chi connectivity index (χ3n) is 1.53. The summed E-state index contributed by atoms with van der Waals surface area (Å²) in [4.78, 5) is 13.6. The Kier molecular flexibility index (Phi) is 2.41. The Morgan fingerprint density at radius 2 is 2.23 bits per heavy atom. The quantitative estimate of drug-likeness (QED) is 0.709. The van der Waals surface area contributed by atoms with Crippen LogP contribution < -0.4 is 0 Å². The monoisotopic (exact) mass is 181 g/mol. The maximum absolute atomic E-state index is 13.0. The number of hydrogen-bond donors (Lipinski definition) is 1. The zero-order valence-electron chi connectivity index (χ0n) is 7.04. The van der Waals surface area contributed by atoms with Gasteiger partial charge in [0.15, 0.2) is 5.69 Å². The van der Waals surface area contributed by atoms with Gasteiger partial charge in [0, 0.05) is 5.56 Å². The number of pyridine rings is 1. The molecule has 13 heavy (non-hydrogen) atoms. The molecule has 4 heteroatoms. The molecule has 0 bridgehead atoms. The second kappa shape index (κ2) is 3.35. The van der Waals surface area contributed by atoms with Crippen molar-refractivity contribution in [1.29, 1.82) is 0 Å². The first kappa shape index (κ1) is 9.38. The van der Waals surface area contributed by atoms with Crippen molar-refractivity contribution in [3.63, 3.8) is 0 Å². The molecule has 1 N–H and O–H groups in total. The summed E-state index contributed by atoms with van der Waals surface area (Å²) in [6, 6.07) is 2.60. The fourth-order valence-corrected chi connectivity index (χ4v) is 0.872. The van der Waals surface area contributed by atoms with E-state index in [9.17, 15) is 9.18 Å². The summed E-state index contributed by atoms with van der Waals surface area (Å²) >= 11 is 0. The van der Waals surface area contributed by atoms with E-state index in [1.54, 1.807) is 6.92 Å². The lowest BCUT2D eigenvalue weighted by Crippen LogP contribution is -2.03. The lowest BCUT2D eigenvalue weighted by Gasteiger charge is -2.01. The van der Waals surface area contributed by atoms with Crippen LogP contribution in [0.15, 0.2) is 18.7 Å². The molecule has 0 saturated heterocycles.